The van der Waals surface area contributed by atoms with Gasteiger partial charge in [0.1, 0.15) is 5.52 Å². The molecule has 0 atom stereocenters. The van der Waals surface area contributed by atoms with Crippen LogP contribution in [0.25, 0.3) is 22.3 Å². The summed E-state index contributed by atoms with van der Waals surface area (Å²) in [7, 11) is 0. The fourth-order valence-electron chi connectivity index (χ4n) is 1.66. The second kappa shape index (κ2) is 4.18. The van der Waals surface area contributed by atoms with Crippen molar-refractivity contribution in [1.29, 1.82) is 0 Å². The molecule has 0 unspecified atom stereocenters. The maximum atomic E-state index is 4.44. The molecule has 0 aliphatic carbocycles. The number of aromatic amines is 1. The van der Waals surface area contributed by atoms with Crippen LogP contribution >= 0.6 is 11.8 Å². The van der Waals surface area contributed by atoms with Gasteiger partial charge in [-0.25, -0.2) is 9.97 Å². The first-order valence-corrected chi connectivity index (χ1v) is 6.39. The van der Waals surface area contributed by atoms with Crippen molar-refractivity contribution >= 4 is 22.9 Å². The van der Waals surface area contributed by atoms with E-state index in [2.05, 4.69) is 19.9 Å². The number of imidazole rings is 1. The molecule has 4 nitrogen and oxygen atoms in total. The molecular weight excluding hydrogens is 232 g/mol. The Morgan fingerprint density at radius 3 is 2.94 bits per heavy atom. The molecule has 3 rings (SSSR count). The molecule has 0 saturated carbocycles. The van der Waals surface area contributed by atoms with Crippen LogP contribution in [0.15, 0.2) is 41.9 Å². The van der Waals surface area contributed by atoms with Crippen molar-refractivity contribution in [1.82, 2.24) is 19.9 Å². The van der Waals surface area contributed by atoms with Crippen molar-refractivity contribution in [2.45, 2.75) is 5.16 Å². The lowest BCUT2D eigenvalue weighted by molar-refractivity contribution is 1.08. The summed E-state index contributed by atoms with van der Waals surface area (Å²) in [4.78, 5) is 16.1. The number of pyridine rings is 2. The van der Waals surface area contributed by atoms with Gasteiger partial charge in [0.05, 0.1) is 0 Å². The number of aromatic nitrogens is 4. The van der Waals surface area contributed by atoms with Gasteiger partial charge in [-0.15, -0.1) is 0 Å². The van der Waals surface area contributed by atoms with E-state index in [9.17, 15) is 0 Å². The third-order valence-corrected chi connectivity index (χ3v) is 3.08. The summed E-state index contributed by atoms with van der Waals surface area (Å²) in [6, 6.07) is 5.95. The number of hydrogen-bond acceptors (Lipinski definition) is 4. The van der Waals surface area contributed by atoms with Crippen LogP contribution in [0, 0.1) is 0 Å². The molecule has 0 spiro atoms. The first kappa shape index (κ1) is 10.3. The van der Waals surface area contributed by atoms with Gasteiger partial charge >= 0.3 is 0 Å². The number of H-pyrrole nitrogens is 1. The summed E-state index contributed by atoms with van der Waals surface area (Å²) in [5, 5.41) is 0.885. The van der Waals surface area contributed by atoms with Gasteiger partial charge in [0, 0.05) is 29.7 Å². The number of rotatable bonds is 2. The average Bonchev–Trinajstić information content (AvgIpc) is 2.81. The van der Waals surface area contributed by atoms with Gasteiger partial charge in [0.2, 0.25) is 0 Å². The van der Waals surface area contributed by atoms with Crippen LogP contribution < -0.4 is 0 Å². The van der Waals surface area contributed by atoms with Crippen LogP contribution in [0.5, 0.6) is 0 Å². The van der Waals surface area contributed by atoms with Gasteiger partial charge < -0.3 is 4.98 Å². The monoisotopic (exact) mass is 242 g/mol. The van der Waals surface area contributed by atoms with Crippen LogP contribution in [-0.2, 0) is 0 Å². The van der Waals surface area contributed by atoms with E-state index in [0.29, 0.717) is 0 Å². The van der Waals surface area contributed by atoms with Gasteiger partial charge in [-0.05, 0) is 18.4 Å². The normalized spacial score (nSPS) is 10.9. The molecular formula is C12H10N4S. The van der Waals surface area contributed by atoms with Crippen molar-refractivity contribution in [2.24, 2.45) is 0 Å². The van der Waals surface area contributed by atoms with Crippen molar-refractivity contribution in [3.05, 3.63) is 36.8 Å². The SMILES string of the molecule is CSc1nc2cc(-c3cccnc3)cnc2[nH]1. The Bertz CT molecular complexity index is 648. The van der Waals surface area contributed by atoms with E-state index >= 15 is 0 Å². The topological polar surface area (TPSA) is 54.5 Å². The van der Waals surface area contributed by atoms with Gasteiger partial charge in [-0.1, -0.05) is 17.8 Å². The molecule has 0 aliphatic heterocycles. The Kier molecular flexibility index (Phi) is 2.53. The quantitative estimate of drug-likeness (QED) is 0.702. The maximum absolute atomic E-state index is 4.44. The minimum Gasteiger partial charge on any atom is -0.318 e. The smallest absolute Gasteiger partial charge is 0.167 e. The van der Waals surface area contributed by atoms with Crippen molar-refractivity contribution in [2.75, 3.05) is 6.26 Å². The zero-order chi connectivity index (χ0) is 11.7. The molecule has 0 aliphatic rings. The lowest BCUT2D eigenvalue weighted by atomic mass is 10.1. The van der Waals surface area contributed by atoms with Crippen LogP contribution in [0.4, 0.5) is 0 Å². The highest BCUT2D eigenvalue weighted by atomic mass is 32.2. The molecule has 1 N–H and O–H groups in total. The van der Waals surface area contributed by atoms with Gasteiger partial charge in [-0.2, -0.15) is 0 Å². The van der Waals surface area contributed by atoms with E-state index in [0.717, 1.165) is 27.4 Å². The predicted molar refractivity (Wildman–Crippen MR) is 68.9 cm³/mol. The molecule has 17 heavy (non-hydrogen) atoms. The minimum atomic E-state index is 0.821. The summed E-state index contributed by atoms with van der Waals surface area (Å²) in [5.41, 5.74) is 3.79. The van der Waals surface area contributed by atoms with Crippen LogP contribution in [0.3, 0.4) is 0 Å². The summed E-state index contributed by atoms with van der Waals surface area (Å²) < 4.78 is 0. The number of fused-ring (bicyclic) bond motifs is 1. The van der Waals surface area contributed by atoms with E-state index < -0.39 is 0 Å². The maximum Gasteiger partial charge on any atom is 0.167 e. The molecule has 3 aromatic heterocycles. The molecule has 84 valence electrons. The van der Waals surface area contributed by atoms with Crippen molar-refractivity contribution in [3.8, 4) is 11.1 Å². The van der Waals surface area contributed by atoms with Gasteiger partial charge in [-0.3, -0.25) is 4.98 Å². The lowest BCUT2D eigenvalue weighted by Gasteiger charge is -1.98. The standard InChI is InChI=1S/C12H10N4S/c1-17-12-15-10-5-9(7-14-11(10)16-12)8-3-2-4-13-6-8/h2-7H,1H3,(H,14,15,16). The number of nitrogens with zero attached hydrogens (tertiary/aromatic N) is 3. The second-order valence-electron chi connectivity index (χ2n) is 3.58. The Morgan fingerprint density at radius 2 is 2.18 bits per heavy atom. The molecule has 0 radical (unpaired) electrons. The zero-order valence-electron chi connectivity index (χ0n) is 9.21. The van der Waals surface area contributed by atoms with Crippen LogP contribution in [-0.4, -0.2) is 26.2 Å². The third kappa shape index (κ3) is 1.89. The zero-order valence-corrected chi connectivity index (χ0v) is 10.0. The molecule has 3 heterocycles. The van der Waals surface area contributed by atoms with Gasteiger partial charge in [0.25, 0.3) is 0 Å². The Morgan fingerprint density at radius 1 is 1.24 bits per heavy atom. The molecule has 0 amide bonds. The average molecular weight is 242 g/mol. The van der Waals surface area contributed by atoms with E-state index in [1.165, 1.54) is 0 Å². The largest absolute Gasteiger partial charge is 0.318 e. The van der Waals surface area contributed by atoms with Crippen molar-refractivity contribution in [3.63, 3.8) is 0 Å². The van der Waals surface area contributed by atoms with E-state index in [4.69, 9.17) is 0 Å². The minimum absolute atomic E-state index is 0.821. The number of nitrogens with one attached hydrogen (secondary N) is 1. The summed E-state index contributed by atoms with van der Waals surface area (Å²) in [5.74, 6) is 0. The van der Waals surface area contributed by atoms with E-state index in [1.54, 1.807) is 18.0 Å². The van der Waals surface area contributed by atoms with E-state index in [1.807, 2.05) is 36.8 Å². The Hall–Kier alpha value is -1.88. The number of thioether (sulfide) groups is 1. The third-order valence-electron chi connectivity index (χ3n) is 2.50. The highest BCUT2D eigenvalue weighted by Crippen LogP contribution is 2.22. The summed E-state index contributed by atoms with van der Waals surface area (Å²) >= 11 is 1.58. The second-order valence-corrected chi connectivity index (χ2v) is 4.37. The summed E-state index contributed by atoms with van der Waals surface area (Å²) in [6.07, 6.45) is 7.40. The molecule has 0 bridgehead atoms. The first-order valence-electron chi connectivity index (χ1n) is 5.17. The first-order chi connectivity index (χ1) is 8.36. The molecule has 5 heteroatoms. The molecule has 0 aromatic carbocycles. The van der Waals surface area contributed by atoms with Crippen molar-refractivity contribution < 1.29 is 0 Å². The molecule has 0 saturated heterocycles. The Labute approximate surface area is 103 Å². The number of hydrogen-bond donors (Lipinski definition) is 1. The van der Waals surface area contributed by atoms with Crippen LogP contribution in [0.2, 0.25) is 0 Å². The fraction of sp³-hybridized carbons (Fsp3) is 0.0833. The highest BCUT2D eigenvalue weighted by Gasteiger charge is 2.05. The molecule has 0 fully saturated rings. The molecule has 3 aromatic rings. The van der Waals surface area contributed by atoms with Gasteiger partial charge in [0.15, 0.2) is 10.8 Å². The highest BCUT2D eigenvalue weighted by molar-refractivity contribution is 7.98. The lowest BCUT2D eigenvalue weighted by Crippen LogP contribution is -1.82. The predicted octanol–water partition coefficient (Wildman–Crippen LogP) is 2.74. The van der Waals surface area contributed by atoms with E-state index in [-0.39, 0.29) is 0 Å². The summed E-state index contributed by atoms with van der Waals surface area (Å²) in [6.45, 7) is 0. The Balaban J connectivity index is 2.13. The fourth-order valence-corrected chi connectivity index (χ4v) is 2.05. The van der Waals surface area contributed by atoms with Crippen LogP contribution in [0.1, 0.15) is 0 Å².